The van der Waals surface area contributed by atoms with E-state index in [9.17, 15) is 9.59 Å². The van der Waals surface area contributed by atoms with Gasteiger partial charge in [0.1, 0.15) is 6.04 Å². The maximum absolute atomic E-state index is 12.4. The van der Waals surface area contributed by atoms with Gasteiger partial charge in [-0.05, 0) is 5.56 Å². The van der Waals surface area contributed by atoms with E-state index < -0.39 is 6.04 Å². The highest BCUT2D eigenvalue weighted by atomic mass is 16.5. The number of nitrogens with one attached hydrogen (secondary N) is 1. The quantitative estimate of drug-likeness (QED) is 0.825. The summed E-state index contributed by atoms with van der Waals surface area (Å²) in [5, 5.41) is 2.75. The largest absolute Gasteiger partial charge is 0.379 e. The van der Waals surface area contributed by atoms with E-state index in [1.807, 2.05) is 30.3 Å². The maximum Gasteiger partial charge on any atom is 0.325 e. The summed E-state index contributed by atoms with van der Waals surface area (Å²) in [6.07, 6.45) is 0. The molecule has 0 saturated carbocycles. The molecule has 2 aliphatic heterocycles. The topological polar surface area (TPSA) is 61.9 Å². The predicted molar refractivity (Wildman–Crippen MR) is 76.7 cm³/mol. The smallest absolute Gasteiger partial charge is 0.325 e. The van der Waals surface area contributed by atoms with Gasteiger partial charge in [0.2, 0.25) is 0 Å². The molecule has 0 aromatic heterocycles. The third-order valence-electron chi connectivity index (χ3n) is 3.90. The summed E-state index contributed by atoms with van der Waals surface area (Å²) in [5.74, 6) is -0.167. The fraction of sp³-hybridized carbons (Fsp3) is 0.467. The Bertz CT molecular complexity index is 514. The molecule has 2 fully saturated rings. The average molecular weight is 289 g/mol. The summed E-state index contributed by atoms with van der Waals surface area (Å²) in [6, 6.07) is 8.48. The second-order valence-electron chi connectivity index (χ2n) is 5.24. The number of benzene rings is 1. The van der Waals surface area contributed by atoms with E-state index in [0.717, 1.165) is 18.7 Å². The van der Waals surface area contributed by atoms with Crippen LogP contribution < -0.4 is 5.32 Å². The summed E-state index contributed by atoms with van der Waals surface area (Å²) in [7, 11) is 0. The van der Waals surface area contributed by atoms with Gasteiger partial charge in [0.05, 0.1) is 13.2 Å². The van der Waals surface area contributed by atoms with Crippen LogP contribution >= 0.6 is 0 Å². The molecule has 21 heavy (non-hydrogen) atoms. The SMILES string of the molecule is O=C1NC(c2ccccc2)C(=O)N1CCN1CCOCC1. The molecule has 1 unspecified atom stereocenters. The standard InChI is InChI=1S/C15H19N3O3/c19-14-13(12-4-2-1-3-5-12)16-15(20)18(14)7-6-17-8-10-21-11-9-17/h1-5,13H,6-11H2,(H,16,20). The average Bonchev–Trinajstić information content (AvgIpc) is 2.82. The van der Waals surface area contributed by atoms with E-state index in [4.69, 9.17) is 4.74 Å². The van der Waals surface area contributed by atoms with Crippen molar-refractivity contribution in [2.45, 2.75) is 6.04 Å². The first kappa shape index (κ1) is 14.0. The van der Waals surface area contributed by atoms with E-state index in [0.29, 0.717) is 26.3 Å². The molecule has 3 amide bonds. The van der Waals surface area contributed by atoms with Crippen molar-refractivity contribution in [2.75, 3.05) is 39.4 Å². The van der Waals surface area contributed by atoms with Crippen molar-refractivity contribution in [2.24, 2.45) is 0 Å². The first-order chi connectivity index (χ1) is 10.3. The Morgan fingerprint density at radius 3 is 2.52 bits per heavy atom. The van der Waals surface area contributed by atoms with Crippen molar-refractivity contribution in [3.63, 3.8) is 0 Å². The Hall–Kier alpha value is -1.92. The molecule has 0 radical (unpaired) electrons. The van der Waals surface area contributed by atoms with Gasteiger partial charge >= 0.3 is 6.03 Å². The number of hydrogen-bond acceptors (Lipinski definition) is 4. The number of nitrogens with zero attached hydrogens (tertiary/aromatic N) is 2. The van der Waals surface area contributed by atoms with Gasteiger partial charge in [-0.1, -0.05) is 30.3 Å². The lowest BCUT2D eigenvalue weighted by atomic mass is 10.1. The molecule has 6 nitrogen and oxygen atoms in total. The maximum atomic E-state index is 12.4. The number of carbonyl (C=O) groups is 2. The molecular formula is C15H19N3O3. The van der Waals surface area contributed by atoms with Gasteiger partial charge in [-0.2, -0.15) is 0 Å². The monoisotopic (exact) mass is 289 g/mol. The number of ether oxygens (including phenoxy) is 1. The predicted octanol–water partition coefficient (Wildman–Crippen LogP) is 0.612. The highest BCUT2D eigenvalue weighted by molar-refractivity contribution is 6.04. The van der Waals surface area contributed by atoms with E-state index in [2.05, 4.69) is 10.2 Å². The molecule has 0 bridgehead atoms. The van der Waals surface area contributed by atoms with Gasteiger partial charge in [0, 0.05) is 26.2 Å². The van der Waals surface area contributed by atoms with Crippen LogP contribution in [0.25, 0.3) is 0 Å². The number of amides is 3. The van der Waals surface area contributed by atoms with Crippen LogP contribution in [0.3, 0.4) is 0 Å². The Morgan fingerprint density at radius 1 is 1.10 bits per heavy atom. The van der Waals surface area contributed by atoms with Crippen LogP contribution in [0.2, 0.25) is 0 Å². The second kappa shape index (κ2) is 6.24. The number of carbonyl (C=O) groups excluding carboxylic acids is 2. The highest BCUT2D eigenvalue weighted by Gasteiger charge is 2.38. The van der Waals surface area contributed by atoms with Gasteiger partial charge in [-0.25, -0.2) is 4.79 Å². The lowest BCUT2D eigenvalue weighted by Gasteiger charge is -2.27. The van der Waals surface area contributed by atoms with Crippen LogP contribution in [0, 0.1) is 0 Å². The molecule has 1 aromatic carbocycles. The molecule has 112 valence electrons. The lowest BCUT2D eigenvalue weighted by Crippen LogP contribution is -2.43. The number of urea groups is 1. The first-order valence-corrected chi connectivity index (χ1v) is 7.22. The minimum absolute atomic E-state index is 0.167. The van der Waals surface area contributed by atoms with Crippen molar-refractivity contribution in [3.05, 3.63) is 35.9 Å². The van der Waals surface area contributed by atoms with Crippen molar-refractivity contribution in [3.8, 4) is 0 Å². The highest BCUT2D eigenvalue weighted by Crippen LogP contribution is 2.21. The molecule has 3 rings (SSSR count). The molecule has 2 heterocycles. The van der Waals surface area contributed by atoms with Crippen molar-refractivity contribution in [1.29, 1.82) is 0 Å². The van der Waals surface area contributed by atoms with Crippen LogP contribution in [0.4, 0.5) is 4.79 Å². The van der Waals surface area contributed by atoms with Crippen LogP contribution in [0.15, 0.2) is 30.3 Å². The zero-order valence-electron chi connectivity index (χ0n) is 11.8. The van der Waals surface area contributed by atoms with E-state index in [-0.39, 0.29) is 11.9 Å². The van der Waals surface area contributed by atoms with Crippen LogP contribution in [0.5, 0.6) is 0 Å². The molecule has 1 aromatic rings. The zero-order valence-corrected chi connectivity index (χ0v) is 11.8. The van der Waals surface area contributed by atoms with Crippen LogP contribution in [0.1, 0.15) is 11.6 Å². The summed E-state index contributed by atoms with van der Waals surface area (Å²) in [5.41, 5.74) is 0.824. The molecule has 0 spiro atoms. The molecule has 1 atom stereocenters. The first-order valence-electron chi connectivity index (χ1n) is 7.22. The molecular weight excluding hydrogens is 270 g/mol. The minimum Gasteiger partial charge on any atom is -0.379 e. The number of hydrogen-bond donors (Lipinski definition) is 1. The van der Waals surface area contributed by atoms with Crippen molar-refractivity contribution >= 4 is 11.9 Å². The van der Waals surface area contributed by atoms with Crippen molar-refractivity contribution < 1.29 is 14.3 Å². The van der Waals surface area contributed by atoms with E-state index in [1.165, 1.54) is 4.90 Å². The van der Waals surface area contributed by atoms with Crippen LogP contribution in [-0.4, -0.2) is 61.1 Å². The third kappa shape index (κ3) is 3.06. The second-order valence-corrected chi connectivity index (χ2v) is 5.24. The van der Waals surface area contributed by atoms with Crippen molar-refractivity contribution in [1.82, 2.24) is 15.1 Å². The minimum atomic E-state index is -0.552. The van der Waals surface area contributed by atoms with Gasteiger partial charge in [-0.3, -0.25) is 14.6 Å². The Balaban J connectivity index is 1.61. The molecule has 2 saturated heterocycles. The molecule has 6 heteroatoms. The van der Waals surface area contributed by atoms with Crippen LogP contribution in [-0.2, 0) is 9.53 Å². The van der Waals surface area contributed by atoms with E-state index >= 15 is 0 Å². The fourth-order valence-corrected chi connectivity index (χ4v) is 2.67. The molecule has 1 N–H and O–H groups in total. The van der Waals surface area contributed by atoms with Gasteiger partial charge in [0.25, 0.3) is 5.91 Å². The number of rotatable bonds is 4. The van der Waals surface area contributed by atoms with Gasteiger partial charge in [0.15, 0.2) is 0 Å². The summed E-state index contributed by atoms with van der Waals surface area (Å²) < 4.78 is 5.29. The fourth-order valence-electron chi connectivity index (χ4n) is 2.67. The third-order valence-corrected chi connectivity index (χ3v) is 3.90. The molecule has 0 aliphatic carbocycles. The lowest BCUT2D eigenvalue weighted by molar-refractivity contribution is -0.127. The molecule has 2 aliphatic rings. The Labute approximate surface area is 123 Å². The van der Waals surface area contributed by atoms with E-state index in [1.54, 1.807) is 0 Å². The van der Waals surface area contributed by atoms with Gasteiger partial charge in [-0.15, -0.1) is 0 Å². The normalized spacial score (nSPS) is 23.4. The summed E-state index contributed by atoms with van der Waals surface area (Å²) in [6.45, 7) is 4.26. The van der Waals surface area contributed by atoms with Gasteiger partial charge < -0.3 is 10.1 Å². The Morgan fingerprint density at radius 2 is 1.81 bits per heavy atom. The Kier molecular flexibility index (Phi) is 4.17. The zero-order chi connectivity index (χ0) is 14.7. The summed E-state index contributed by atoms with van der Waals surface area (Å²) >= 11 is 0. The summed E-state index contributed by atoms with van der Waals surface area (Å²) in [4.78, 5) is 27.9. The number of imide groups is 1. The number of morpholine rings is 1.